The predicted octanol–water partition coefficient (Wildman–Crippen LogP) is -2.14. The Kier molecular flexibility index (Phi) is 2.03. The van der Waals surface area contributed by atoms with E-state index < -0.39 is 23.6 Å². The van der Waals surface area contributed by atoms with Gasteiger partial charge in [0.2, 0.25) is 5.95 Å². The maximum Gasteiger partial charge on any atom is 0.354 e. The minimum atomic E-state index is -0.853. The Morgan fingerprint density at radius 2 is 2.47 bits per heavy atom. The normalized spacial score (nSPS) is 39.1. The van der Waals surface area contributed by atoms with E-state index in [4.69, 9.17) is 10.5 Å². The summed E-state index contributed by atoms with van der Waals surface area (Å²) in [6.45, 7) is -0.171. The smallest absolute Gasteiger partial charge is 0.354 e. The Morgan fingerprint density at radius 1 is 1.71 bits per heavy atom. The molecule has 92 valence electrons. The molecule has 2 aliphatic rings. The molecule has 2 fully saturated rings. The van der Waals surface area contributed by atoms with Crippen molar-refractivity contribution in [1.82, 2.24) is 14.5 Å². The minimum Gasteiger partial charge on any atom is -0.393 e. The predicted molar refractivity (Wildman–Crippen MR) is 54.8 cm³/mol. The molecule has 3 rings (SSSR count). The van der Waals surface area contributed by atoms with Crippen molar-refractivity contribution in [2.45, 2.75) is 24.4 Å². The average molecular weight is 240 g/mol. The highest BCUT2D eigenvalue weighted by Crippen LogP contribution is 2.58. The largest absolute Gasteiger partial charge is 0.393 e. The Labute approximate surface area is 95.7 Å². The van der Waals surface area contributed by atoms with E-state index in [0.717, 1.165) is 4.57 Å². The van der Waals surface area contributed by atoms with Crippen LogP contribution in [0.3, 0.4) is 0 Å². The first-order valence-electron chi connectivity index (χ1n) is 5.25. The number of rotatable bonds is 2. The van der Waals surface area contributed by atoms with Gasteiger partial charge in [0.25, 0.3) is 0 Å². The molecule has 0 amide bonds. The number of aromatic nitrogens is 3. The Balaban J connectivity index is 1.94. The summed E-state index contributed by atoms with van der Waals surface area (Å²) in [4.78, 5) is 18.7. The van der Waals surface area contributed by atoms with Crippen LogP contribution in [-0.4, -0.2) is 43.1 Å². The number of nitrogens with zero attached hydrogens (tertiary/aromatic N) is 3. The fourth-order valence-corrected chi connectivity index (χ4v) is 2.36. The molecule has 4 N–H and O–H groups in total. The summed E-state index contributed by atoms with van der Waals surface area (Å²) in [7, 11) is 0. The van der Waals surface area contributed by atoms with Gasteiger partial charge in [-0.15, -0.1) is 0 Å². The lowest BCUT2D eigenvalue weighted by Crippen LogP contribution is -2.34. The third-order valence-electron chi connectivity index (χ3n) is 3.43. The molecule has 0 aromatic carbocycles. The van der Waals surface area contributed by atoms with Crippen LogP contribution >= 0.6 is 0 Å². The lowest BCUT2D eigenvalue weighted by Gasteiger charge is -2.20. The number of aliphatic hydroxyl groups is 2. The fourth-order valence-electron chi connectivity index (χ4n) is 2.36. The zero-order valence-corrected chi connectivity index (χ0v) is 8.85. The van der Waals surface area contributed by atoms with Gasteiger partial charge >= 0.3 is 5.69 Å². The zero-order valence-electron chi connectivity index (χ0n) is 8.85. The van der Waals surface area contributed by atoms with E-state index >= 15 is 0 Å². The molecule has 1 aliphatic carbocycles. The molecule has 17 heavy (non-hydrogen) atoms. The molecule has 2 unspecified atom stereocenters. The second kappa shape index (κ2) is 3.25. The second-order valence-corrected chi connectivity index (χ2v) is 4.44. The van der Waals surface area contributed by atoms with Crippen LogP contribution in [0.25, 0.3) is 0 Å². The number of hydrogen-bond acceptors (Lipinski definition) is 7. The molecule has 1 aromatic rings. The molecule has 8 heteroatoms. The van der Waals surface area contributed by atoms with Gasteiger partial charge < -0.3 is 20.7 Å². The highest BCUT2D eigenvalue weighted by Gasteiger charge is 2.67. The summed E-state index contributed by atoms with van der Waals surface area (Å²) in [6.07, 6.45) is 0.0984. The minimum absolute atomic E-state index is 0.124. The van der Waals surface area contributed by atoms with Crippen LogP contribution in [0.1, 0.15) is 12.6 Å². The summed E-state index contributed by atoms with van der Waals surface area (Å²) < 4.78 is 6.62. The Morgan fingerprint density at radius 3 is 3.06 bits per heavy atom. The molecule has 0 bridgehead atoms. The van der Waals surface area contributed by atoms with Crippen molar-refractivity contribution in [3.8, 4) is 0 Å². The van der Waals surface area contributed by atoms with E-state index in [-0.39, 0.29) is 18.5 Å². The number of nitrogen functional groups attached to an aromatic ring is 1. The third-order valence-corrected chi connectivity index (χ3v) is 3.43. The molecule has 2 heterocycles. The van der Waals surface area contributed by atoms with E-state index in [1.807, 2.05) is 0 Å². The molecule has 1 aromatic heterocycles. The van der Waals surface area contributed by atoms with Crippen LogP contribution in [0.2, 0.25) is 0 Å². The van der Waals surface area contributed by atoms with Crippen molar-refractivity contribution in [3.63, 3.8) is 0 Å². The van der Waals surface area contributed by atoms with E-state index in [9.17, 15) is 15.0 Å². The van der Waals surface area contributed by atoms with Crippen LogP contribution in [0, 0.1) is 5.92 Å². The summed E-state index contributed by atoms with van der Waals surface area (Å²) in [5, 5.41) is 19.1. The first-order valence-corrected chi connectivity index (χ1v) is 5.25. The van der Waals surface area contributed by atoms with Gasteiger partial charge in [0.1, 0.15) is 12.4 Å². The number of hydrogen-bond donors (Lipinski definition) is 3. The number of ether oxygens (including phenoxy) is 1. The summed E-state index contributed by atoms with van der Waals surface area (Å²) in [5.41, 5.74) is 3.94. The summed E-state index contributed by atoms with van der Waals surface area (Å²) in [5.74, 6) is -0.261. The van der Waals surface area contributed by atoms with Crippen LogP contribution in [-0.2, 0) is 4.74 Å². The highest BCUT2D eigenvalue weighted by molar-refractivity contribution is 5.15. The van der Waals surface area contributed by atoms with E-state index in [1.54, 1.807) is 0 Å². The Bertz CT molecular complexity index is 518. The van der Waals surface area contributed by atoms with Crippen molar-refractivity contribution in [3.05, 3.63) is 16.8 Å². The van der Waals surface area contributed by atoms with Crippen LogP contribution in [0.15, 0.2) is 11.1 Å². The highest BCUT2D eigenvalue weighted by atomic mass is 16.6. The van der Waals surface area contributed by atoms with Crippen molar-refractivity contribution in [1.29, 1.82) is 0 Å². The lowest BCUT2D eigenvalue weighted by molar-refractivity contribution is -0.0931. The van der Waals surface area contributed by atoms with E-state index in [1.165, 1.54) is 6.33 Å². The Hall–Kier alpha value is -1.51. The van der Waals surface area contributed by atoms with Gasteiger partial charge in [0.15, 0.2) is 6.23 Å². The molecule has 0 spiro atoms. The fraction of sp³-hybridized carbons (Fsp3) is 0.667. The van der Waals surface area contributed by atoms with Crippen molar-refractivity contribution in [2.75, 3.05) is 12.3 Å². The molecule has 1 aliphatic heterocycles. The van der Waals surface area contributed by atoms with E-state index in [0.29, 0.717) is 6.42 Å². The lowest BCUT2D eigenvalue weighted by atomic mass is 10.2. The van der Waals surface area contributed by atoms with Crippen molar-refractivity contribution in [2.24, 2.45) is 5.92 Å². The monoisotopic (exact) mass is 240 g/mol. The van der Waals surface area contributed by atoms with Gasteiger partial charge in [-0.25, -0.2) is 9.78 Å². The topological polar surface area (TPSA) is 123 Å². The van der Waals surface area contributed by atoms with Crippen molar-refractivity contribution < 1.29 is 14.9 Å². The van der Waals surface area contributed by atoms with Gasteiger partial charge in [-0.3, -0.25) is 4.57 Å². The molecule has 1 saturated heterocycles. The van der Waals surface area contributed by atoms with E-state index in [2.05, 4.69) is 9.97 Å². The quantitative estimate of drug-likeness (QED) is 0.539. The van der Waals surface area contributed by atoms with Gasteiger partial charge in [-0.2, -0.15) is 4.98 Å². The van der Waals surface area contributed by atoms with Crippen molar-refractivity contribution >= 4 is 5.95 Å². The molecule has 0 radical (unpaired) electrons. The van der Waals surface area contributed by atoms with Crippen LogP contribution in [0.5, 0.6) is 0 Å². The standard InChI is InChI=1S/C9H12N4O4/c10-7-11-3-13(8(16)12-7)6-5(15)4-1-9(4,2-14)17-6/h3-6,14-15H,1-2H2,(H2,10,12,16)/t4?,5?,6-,9-/m1/s1. The van der Waals surface area contributed by atoms with Gasteiger partial charge in [-0.05, 0) is 6.42 Å². The molecular formula is C9H12N4O4. The van der Waals surface area contributed by atoms with Gasteiger partial charge in [0, 0.05) is 5.92 Å². The number of fused-ring (bicyclic) bond motifs is 1. The number of aliphatic hydroxyl groups excluding tert-OH is 2. The molecular weight excluding hydrogens is 228 g/mol. The first kappa shape index (κ1) is 10.6. The van der Waals surface area contributed by atoms with Gasteiger partial charge in [0.05, 0.1) is 12.2 Å². The maximum atomic E-state index is 11.6. The molecule has 4 atom stereocenters. The van der Waals surface area contributed by atoms with Crippen LogP contribution < -0.4 is 11.4 Å². The molecule has 1 saturated carbocycles. The second-order valence-electron chi connectivity index (χ2n) is 4.44. The summed E-state index contributed by atoms with van der Waals surface area (Å²) >= 11 is 0. The zero-order chi connectivity index (χ0) is 12.2. The average Bonchev–Trinajstić information content (AvgIpc) is 2.95. The number of nitrogens with two attached hydrogens (primary N) is 1. The third kappa shape index (κ3) is 1.38. The first-order chi connectivity index (χ1) is 8.07. The van der Waals surface area contributed by atoms with Crippen LogP contribution in [0.4, 0.5) is 5.95 Å². The summed E-state index contributed by atoms with van der Waals surface area (Å²) in [6, 6.07) is 0. The maximum absolute atomic E-state index is 11.6. The SMILES string of the molecule is Nc1ncn([C@@H]2O[C@@]3(CO)CC3C2O)c(=O)n1. The number of anilines is 1. The molecule has 8 nitrogen and oxygen atoms in total. The van der Waals surface area contributed by atoms with Gasteiger partial charge in [-0.1, -0.05) is 0 Å².